The fraction of sp³-hybridized carbons (Fsp3) is 0.500. The van der Waals surface area contributed by atoms with Gasteiger partial charge < -0.3 is 0 Å². The van der Waals surface area contributed by atoms with Crippen molar-refractivity contribution in [1.29, 1.82) is 5.26 Å². The molecule has 0 spiro atoms. The van der Waals surface area contributed by atoms with E-state index in [0.29, 0.717) is 11.8 Å². The molecule has 0 radical (unpaired) electrons. The van der Waals surface area contributed by atoms with E-state index in [1.165, 1.54) is 10.5 Å². The second-order valence-electron chi connectivity index (χ2n) is 4.46. The van der Waals surface area contributed by atoms with Crippen LogP contribution in [-0.4, -0.2) is 30.3 Å². The predicted molar refractivity (Wildman–Crippen MR) is 74.2 cm³/mol. The minimum absolute atomic E-state index is 0.501. The fourth-order valence-corrected chi connectivity index (χ4v) is 2.36. The largest absolute Gasteiger partial charge is 0.293 e. The molecule has 0 amide bonds. The molecule has 0 heterocycles. The molecule has 1 aromatic carbocycles. The van der Waals surface area contributed by atoms with Gasteiger partial charge in [-0.1, -0.05) is 26.0 Å². The average molecular weight is 248 g/mol. The molecule has 92 valence electrons. The normalized spacial score (nSPS) is 10.8. The number of benzene rings is 1. The summed E-state index contributed by atoms with van der Waals surface area (Å²) in [6, 6.07) is 10.9. The highest BCUT2D eigenvalue weighted by molar-refractivity contribution is 7.99. The van der Waals surface area contributed by atoms with Crippen LogP contribution in [0.2, 0.25) is 0 Å². The third-order valence-corrected chi connectivity index (χ3v) is 3.43. The van der Waals surface area contributed by atoms with Crippen LogP contribution in [-0.2, 0) is 6.42 Å². The van der Waals surface area contributed by atoms with Crippen molar-refractivity contribution in [2.75, 3.05) is 20.1 Å². The van der Waals surface area contributed by atoms with Crippen molar-refractivity contribution < 1.29 is 0 Å². The van der Waals surface area contributed by atoms with Gasteiger partial charge in [0, 0.05) is 16.7 Å². The summed E-state index contributed by atoms with van der Waals surface area (Å²) in [5, 5.41) is 9.19. The Hall–Kier alpha value is -0.980. The lowest BCUT2D eigenvalue weighted by Crippen LogP contribution is -2.21. The van der Waals surface area contributed by atoms with Gasteiger partial charge in [-0.3, -0.25) is 4.90 Å². The molecule has 2 nitrogen and oxygen atoms in total. The summed E-state index contributed by atoms with van der Waals surface area (Å²) in [6.07, 6.45) is 1.00. The number of hydrogen-bond acceptors (Lipinski definition) is 3. The highest BCUT2D eigenvalue weighted by Gasteiger charge is 2.00. The van der Waals surface area contributed by atoms with E-state index in [1.807, 2.05) is 23.7 Å². The van der Waals surface area contributed by atoms with Gasteiger partial charge in [0.1, 0.15) is 0 Å². The lowest BCUT2D eigenvalue weighted by Gasteiger charge is -2.12. The van der Waals surface area contributed by atoms with Gasteiger partial charge in [-0.05, 0) is 31.2 Å². The summed E-state index contributed by atoms with van der Waals surface area (Å²) in [5.41, 5.74) is 1.34. The second kappa shape index (κ2) is 7.37. The van der Waals surface area contributed by atoms with Crippen LogP contribution in [0.25, 0.3) is 0 Å². The Labute approximate surface area is 109 Å². The molecular weight excluding hydrogens is 228 g/mol. The fourth-order valence-electron chi connectivity index (χ4n) is 1.53. The number of nitrogens with zero attached hydrogens (tertiary/aromatic N) is 2. The zero-order valence-corrected chi connectivity index (χ0v) is 11.6. The van der Waals surface area contributed by atoms with Crippen molar-refractivity contribution in [2.45, 2.75) is 30.4 Å². The first-order valence-corrected chi connectivity index (χ1v) is 6.81. The lowest BCUT2D eigenvalue weighted by molar-refractivity contribution is 0.379. The lowest BCUT2D eigenvalue weighted by atomic mass is 10.1. The van der Waals surface area contributed by atoms with Crippen LogP contribution in [0.4, 0.5) is 0 Å². The van der Waals surface area contributed by atoms with Gasteiger partial charge in [0.05, 0.1) is 12.6 Å². The Morgan fingerprint density at radius 2 is 1.94 bits per heavy atom. The Morgan fingerprint density at radius 1 is 1.29 bits per heavy atom. The maximum absolute atomic E-state index is 8.56. The Bertz CT molecular complexity index is 365. The topological polar surface area (TPSA) is 27.0 Å². The predicted octanol–water partition coefficient (Wildman–Crippen LogP) is 3.18. The maximum atomic E-state index is 8.56. The van der Waals surface area contributed by atoms with E-state index in [9.17, 15) is 0 Å². The van der Waals surface area contributed by atoms with E-state index >= 15 is 0 Å². The van der Waals surface area contributed by atoms with Crippen molar-refractivity contribution in [1.82, 2.24) is 4.90 Å². The Morgan fingerprint density at radius 3 is 2.47 bits per heavy atom. The molecule has 0 aliphatic heterocycles. The third kappa shape index (κ3) is 5.76. The number of nitriles is 1. The van der Waals surface area contributed by atoms with Crippen LogP contribution in [0.15, 0.2) is 29.2 Å². The monoisotopic (exact) mass is 248 g/mol. The molecular formula is C14H20N2S. The van der Waals surface area contributed by atoms with E-state index in [0.717, 1.165) is 13.0 Å². The maximum Gasteiger partial charge on any atom is 0.0863 e. The first kappa shape index (κ1) is 14.1. The molecule has 1 aromatic rings. The van der Waals surface area contributed by atoms with E-state index in [-0.39, 0.29) is 0 Å². The molecule has 3 heteroatoms. The van der Waals surface area contributed by atoms with Crippen LogP contribution in [0.5, 0.6) is 0 Å². The summed E-state index contributed by atoms with van der Waals surface area (Å²) < 4.78 is 0. The summed E-state index contributed by atoms with van der Waals surface area (Å²) in [7, 11) is 1.98. The summed E-state index contributed by atoms with van der Waals surface area (Å²) in [5.74, 6) is 0. The van der Waals surface area contributed by atoms with Crippen LogP contribution in [0.1, 0.15) is 19.4 Å². The van der Waals surface area contributed by atoms with Gasteiger partial charge in [0.15, 0.2) is 0 Å². The van der Waals surface area contributed by atoms with Crippen molar-refractivity contribution in [2.24, 2.45) is 0 Å². The first-order valence-electron chi connectivity index (χ1n) is 5.93. The molecule has 0 unspecified atom stereocenters. The second-order valence-corrected chi connectivity index (χ2v) is 6.11. The van der Waals surface area contributed by atoms with E-state index < -0.39 is 0 Å². The first-order chi connectivity index (χ1) is 8.11. The third-order valence-electron chi connectivity index (χ3n) is 2.42. The van der Waals surface area contributed by atoms with Gasteiger partial charge in [-0.15, -0.1) is 11.8 Å². The van der Waals surface area contributed by atoms with Crippen LogP contribution >= 0.6 is 11.8 Å². The molecule has 0 fully saturated rings. The van der Waals surface area contributed by atoms with Crippen molar-refractivity contribution in [3.8, 4) is 6.07 Å². The summed E-state index contributed by atoms with van der Waals surface area (Å²) in [4.78, 5) is 3.37. The van der Waals surface area contributed by atoms with Crippen molar-refractivity contribution >= 4 is 11.8 Å². The van der Waals surface area contributed by atoms with E-state index in [1.54, 1.807) is 0 Å². The number of likely N-dealkylation sites (N-methyl/N-ethyl adjacent to an activating group) is 1. The zero-order chi connectivity index (χ0) is 12.7. The highest BCUT2D eigenvalue weighted by atomic mass is 32.2. The molecule has 0 bridgehead atoms. The Balaban J connectivity index is 2.43. The van der Waals surface area contributed by atoms with Crippen molar-refractivity contribution in [3.63, 3.8) is 0 Å². The minimum atomic E-state index is 0.501. The smallest absolute Gasteiger partial charge is 0.0863 e. The zero-order valence-electron chi connectivity index (χ0n) is 10.8. The van der Waals surface area contributed by atoms with Gasteiger partial charge in [-0.2, -0.15) is 5.26 Å². The molecule has 0 saturated heterocycles. The quantitative estimate of drug-likeness (QED) is 0.571. The molecule has 1 rings (SSSR count). The van der Waals surface area contributed by atoms with Crippen LogP contribution < -0.4 is 0 Å². The number of hydrogen-bond donors (Lipinski definition) is 0. The van der Waals surface area contributed by atoms with Gasteiger partial charge in [-0.25, -0.2) is 0 Å². The van der Waals surface area contributed by atoms with E-state index in [2.05, 4.69) is 44.2 Å². The van der Waals surface area contributed by atoms with Gasteiger partial charge in [0.25, 0.3) is 0 Å². The summed E-state index contributed by atoms with van der Waals surface area (Å²) >= 11 is 1.89. The molecule has 0 aliphatic carbocycles. The molecule has 0 N–H and O–H groups in total. The number of thioether (sulfide) groups is 1. The SMILES string of the molecule is CC(C)Sc1ccc(CCN(C)CC#N)cc1. The molecule has 0 aliphatic rings. The molecule has 0 saturated carbocycles. The summed E-state index contributed by atoms with van der Waals surface area (Å²) in [6.45, 7) is 5.84. The Kier molecular flexibility index (Phi) is 6.10. The standard InChI is InChI=1S/C14H20N2S/c1-12(2)17-14-6-4-13(5-7-14)8-10-16(3)11-9-15/h4-7,12H,8,10-11H2,1-3H3. The minimum Gasteiger partial charge on any atom is -0.293 e. The van der Waals surface area contributed by atoms with Crippen LogP contribution in [0, 0.1) is 11.3 Å². The molecule has 0 atom stereocenters. The molecule has 17 heavy (non-hydrogen) atoms. The van der Waals surface area contributed by atoms with Gasteiger partial charge in [0.2, 0.25) is 0 Å². The van der Waals surface area contributed by atoms with Crippen molar-refractivity contribution in [3.05, 3.63) is 29.8 Å². The van der Waals surface area contributed by atoms with Gasteiger partial charge >= 0.3 is 0 Å². The van der Waals surface area contributed by atoms with Crippen LogP contribution in [0.3, 0.4) is 0 Å². The molecule has 0 aromatic heterocycles. The number of rotatable bonds is 6. The van der Waals surface area contributed by atoms with E-state index in [4.69, 9.17) is 5.26 Å². The highest BCUT2D eigenvalue weighted by Crippen LogP contribution is 2.22. The average Bonchev–Trinajstić information content (AvgIpc) is 2.28.